The van der Waals surface area contributed by atoms with Gasteiger partial charge in [-0.05, 0) is 44.9 Å². The lowest BCUT2D eigenvalue weighted by Gasteiger charge is -2.36. The van der Waals surface area contributed by atoms with Crippen LogP contribution in [0.25, 0.3) is 11.5 Å². The van der Waals surface area contributed by atoms with Crippen LogP contribution in [0.5, 0.6) is 0 Å². The number of nitrogens with two attached hydrogens (primary N) is 1. The van der Waals surface area contributed by atoms with Crippen LogP contribution >= 0.6 is 0 Å². The number of rotatable bonds is 5. The Balaban J connectivity index is 1.45. The SMILES string of the molecule is CCc1noc(-c2ccc(CCN=C(N)N3CCN(C(=O)OC(C)(C)C)CC3)cc2)n1. The zero-order valence-corrected chi connectivity index (χ0v) is 18.8. The van der Waals surface area contributed by atoms with E-state index in [4.69, 9.17) is 15.0 Å². The summed E-state index contributed by atoms with van der Waals surface area (Å²) in [6, 6.07) is 8.03. The minimum Gasteiger partial charge on any atom is -0.444 e. The standard InChI is InChI=1S/C22H32N6O3/c1-5-18-25-19(31-26-18)17-8-6-16(7-9-17)10-11-24-20(23)27-12-14-28(15-13-27)21(29)30-22(2,3)4/h6-9H,5,10-15H2,1-4H3,(H2,23,24). The van der Waals surface area contributed by atoms with E-state index in [1.165, 1.54) is 0 Å². The molecule has 2 heterocycles. The van der Waals surface area contributed by atoms with E-state index in [1.54, 1.807) is 4.90 Å². The molecule has 1 saturated heterocycles. The zero-order valence-electron chi connectivity index (χ0n) is 18.8. The Morgan fingerprint density at radius 3 is 2.39 bits per heavy atom. The minimum atomic E-state index is -0.489. The number of guanidine groups is 1. The first-order chi connectivity index (χ1) is 14.7. The fourth-order valence-electron chi connectivity index (χ4n) is 3.17. The Morgan fingerprint density at radius 2 is 1.81 bits per heavy atom. The number of aliphatic imine (C=N–C) groups is 1. The first-order valence-electron chi connectivity index (χ1n) is 10.7. The Morgan fingerprint density at radius 1 is 1.16 bits per heavy atom. The van der Waals surface area contributed by atoms with Gasteiger partial charge in [0.2, 0.25) is 0 Å². The molecule has 2 aromatic rings. The van der Waals surface area contributed by atoms with Gasteiger partial charge in [-0.15, -0.1) is 0 Å². The molecular weight excluding hydrogens is 396 g/mol. The number of carbonyl (C=O) groups is 1. The van der Waals surface area contributed by atoms with Gasteiger partial charge in [0, 0.05) is 44.7 Å². The maximum Gasteiger partial charge on any atom is 0.410 e. The van der Waals surface area contributed by atoms with Crippen molar-refractivity contribution in [3.05, 3.63) is 35.7 Å². The molecule has 3 rings (SSSR count). The highest BCUT2D eigenvalue weighted by atomic mass is 16.6. The van der Waals surface area contributed by atoms with Crippen LogP contribution in [0.3, 0.4) is 0 Å². The molecule has 0 radical (unpaired) electrons. The van der Waals surface area contributed by atoms with Gasteiger partial charge < -0.3 is 24.8 Å². The lowest BCUT2D eigenvalue weighted by Crippen LogP contribution is -2.53. The monoisotopic (exact) mass is 428 g/mol. The number of hydrogen-bond acceptors (Lipinski definition) is 6. The fourth-order valence-corrected chi connectivity index (χ4v) is 3.17. The summed E-state index contributed by atoms with van der Waals surface area (Å²) in [5, 5.41) is 3.93. The maximum absolute atomic E-state index is 12.2. The molecule has 1 aromatic carbocycles. The van der Waals surface area contributed by atoms with Crippen LogP contribution in [0.1, 0.15) is 39.1 Å². The van der Waals surface area contributed by atoms with Gasteiger partial charge >= 0.3 is 6.09 Å². The van der Waals surface area contributed by atoms with Crippen molar-refractivity contribution in [3.63, 3.8) is 0 Å². The molecule has 0 saturated carbocycles. The third kappa shape index (κ3) is 6.44. The summed E-state index contributed by atoms with van der Waals surface area (Å²) in [6.07, 6.45) is 1.25. The summed E-state index contributed by atoms with van der Waals surface area (Å²) in [5.41, 5.74) is 7.74. The molecular formula is C22H32N6O3. The number of ether oxygens (including phenoxy) is 1. The second-order valence-electron chi connectivity index (χ2n) is 8.51. The summed E-state index contributed by atoms with van der Waals surface area (Å²) in [5.74, 6) is 1.76. The van der Waals surface area contributed by atoms with Gasteiger partial charge in [-0.25, -0.2) is 4.79 Å². The van der Waals surface area contributed by atoms with E-state index in [9.17, 15) is 4.79 Å². The van der Waals surface area contributed by atoms with Gasteiger partial charge in [-0.3, -0.25) is 4.99 Å². The van der Waals surface area contributed by atoms with E-state index in [2.05, 4.69) is 15.1 Å². The van der Waals surface area contributed by atoms with Crippen molar-refractivity contribution < 1.29 is 14.1 Å². The molecule has 1 aliphatic heterocycles. The number of piperazine rings is 1. The van der Waals surface area contributed by atoms with E-state index < -0.39 is 5.60 Å². The second kappa shape index (κ2) is 9.80. The lowest BCUT2D eigenvalue weighted by molar-refractivity contribution is 0.0186. The summed E-state index contributed by atoms with van der Waals surface area (Å²) in [6.45, 7) is 10.6. The van der Waals surface area contributed by atoms with Crippen molar-refractivity contribution in [2.75, 3.05) is 32.7 Å². The normalized spacial score (nSPS) is 15.3. The molecule has 0 aliphatic carbocycles. The maximum atomic E-state index is 12.2. The van der Waals surface area contributed by atoms with Crippen molar-refractivity contribution in [1.82, 2.24) is 19.9 Å². The first-order valence-corrected chi connectivity index (χ1v) is 10.7. The number of carbonyl (C=O) groups excluding carboxylic acids is 1. The predicted molar refractivity (Wildman–Crippen MR) is 119 cm³/mol. The zero-order chi connectivity index (χ0) is 22.4. The molecule has 9 nitrogen and oxygen atoms in total. The second-order valence-corrected chi connectivity index (χ2v) is 8.51. The molecule has 1 aliphatic rings. The molecule has 0 atom stereocenters. The third-order valence-corrected chi connectivity index (χ3v) is 4.91. The van der Waals surface area contributed by atoms with Crippen LogP contribution in [0, 0.1) is 0 Å². The quantitative estimate of drug-likeness (QED) is 0.576. The first kappa shape index (κ1) is 22.6. The van der Waals surface area contributed by atoms with Gasteiger partial charge in [0.15, 0.2) is 11.8 Å². The van der Waals surface area contributed by atoms with Crippen LogP contribution in [0.2, 0.25) is 0 Å². The molecule has 1 aromatic heterocycles. The molecule has 0 bridgehead atoms. The van der Waals surface area contributed by atoms with Crippen molar-refractivity contribution >= 4 is 12.1 Å². The van der Waals surface area contributed by atoms with E-state index >= 15 is 0 Å². The van der Waals surface area contributed by atoms with Crippen molar-refractivity contribution in [1.29, 1.82) is 0 Å². The Bertz CT molecular complexity index is 893. The summed E-state index contributed by atoms with van der Waals surface area (Å²) in [7, 11) is 0. The van der Waals surface area contributed by atoms with Crippen LogP contribution in [0.15, 0.2) is 33.8 Å². The van der Waals surface area contributed by atoms with E-state index in [0.717, 1.165) is 24.0 Å². The highest BCUT2D eigenvalue weighted by molar-refractivity contribution is 5.78. The molecule has 0 unspecified atom stereocenters. The number of aromatic nitrogens is 2. The van der Waals surface area contributed by atoms with Crippen LogP contribution < -0.4 is 5.73 Å². The number of amides is 1. The summed E-state index contributed by atoms with van der Waals surface area (Å²) >= 11 is 0. The third-order valence-electron chi connectivity index (χ3n) is 4.91. The molecule has 1 fully saturated rings. The van der Waals surface area contributed by atoms with Gasteiger partial charge in [0.1, 0.15) is 5.60 Å². The molecule has 1 amide bonds. The number of benzene rings is 1. The number of nitrogens with zero attached hydrogens (tertiary/aromatic N) is 5. The average Bonchev–Trinajstić information content (AvgIpc) is 3.22. The smallest absolute Gasteiger partial charge is 0.410 e. The largest absolute Gasteiger partial charge is 0.444 e. The summed E-state index contributed by atoms with van der Waals surface area (Å²) in [4.78, 5) is 24.7. The highest BCUT2D eigenvalue weighted by Gasteiger charge is 2.26. The number of hydrogen-bond donors (Lipinski definition) is 1. The summed E-state index contributed by atoms with van der Waals surface area (Å²) < 4.78 is 10.7. The van der Waals surface area contributed by atoms with Crippen molar-refractivity contribution in [2.45, 2.75) is 46.1 Å². The lowest BCUT2D eigenvalue weighted by atomic mass is 10.1. The molecule has 168 valence electrons. The van der Waals surface area contributed by atoms with E-state index in [-0.39, 0.29) is 6.09 Å². The molecule has 2 N–H and O–H groups in total. The van der Waals surface area contributed by atoms with E-state index in [0.29, 0.717) is 50.4 Å². The van der Waals surface area contributed by atoms with E-state index in [1.807, 2.05) is 56.9 Å². The number of aryl methyl sites for hydroxylation is 1. The minimum absolute atomic E-state index is 0.280. The predicted octanol–water partition coefficient (Wildman–Crippen LogP) is 2.71. The van der Waals surface area contributed by atoms with Gasteiger partial charge in [0.25, 0.3) is 5.89 Å². The molecule has 31 heavy (non-hydrogen) atoms. The highest BCUT2D eigenvalue weighted by Crippen LogP contribution is 2.18. The molecule has 9 heteroatoms. The Labute approximate surface area is 183 Å². The molecule has 0 spiro atoms. The Hall–Kier alpha value is -3.10. The van der Waals surface area contributed by atoms with Gasteiger partial charge in [-0.2, -0.15) is 4.98 Å². The van der Waals surface area contributed by atoms with Crippen LogP contribution in [0.4, 0.5) is 4.79 Å². The van der Waals surface area contributed by atoms with Gasteiger partial charge in [0.05, 0.1) is 0 Å². The topological polar surface area (TPSA) is 110 Å². The van der Waals surface area contributed by atoms with Gasteiger partial charge in [-0.1, -0.05) is 24.2 Å². The van der Waals surface area contributed by atoms with Crippen molar-refractivity contribution in [3.8, 4) is 11.5 Å². The van der Waals surface area contributed by atoms with Crippen molar-refractivity contribution in [2.24, 2.45) is 10.7 Å². The van der Waals surface area contributed by atoms with Crippen LogP contribution in [-0.2, 0) is 17.6 Å². The fraction of sp³-hybridized carbons (Fsp3) is 0.545. The van der Waals surface area contributed by atoms with Crippen LogP contribution in [-0.4, -0.2) is 70.3 Å². The average molecular weight is 429 g/mol. The Kier molecular flexibility index (Phi) is 7.14.